The first-order chi connectivity index (χ1) is 20.0. The summed E-state index contributed by atoms with van der Waals surface area (Å²) in [5.74, 6) is 0.215. The number of aliphatic hydroxyl groups is 1. The highest BCUT2D eigenvalue weighted by Crippen LogP contribution is 2.34. The van der Waals surface area contributed by atoms with Crippen LogP contribution in [0, 0.1) is 0 Å². The number of halogens is 2. The van der Waals surface area contributed by atoms with E-state index in [0.717, 1.165) is 28.6 Å². The number of rotatable bonds is 10. The molecule has 0 fully saturated rings. The van der Waals surface area contributed by atoms with E-state index in [4.69, 9.17) is 10.1 Å². The lowest BCUT2D eigenvalue weighted by Crippen LogP contribution is -2.19. The average Bonchev–Trinajstić information content (AvgIpc) is 3.74. The van der Waals surface area contributed by atoms with Crippen LogP contribution in [-0.4, -0.2) is 50.3 Å². The maximum atomic E-state index is 14.6. The van der Waals surface area contributed by atoms with E-state index in [-0.39, 0.29) is 11.5 Å². The molecule has 12 heteroatoms. The van der Waals surface area contributed by atoms with Gasteiger partial charge in [0.1, 0.15) is 6.61 Å². The zero-order valence-electron chi connectivity index (χ0n) is 22.3. The van der Waals surface area contributed by atoms with Gasteiger partial charge in [-0.25, -0.2) is 9.67 Å². The van der Waals surface area contributed by atoms with Crippen molar-refractivity contribution in [2.45, 2.75) is 26.3 Å². The number of nitrogens with one attached hydrogen (secondary N) is 2. The van der Waals surface area contributed by atoms with Crippen molar-refractivity contribution in [2.75, 3.05) is 17.2 Å². The quantitative estimate of drug-likeness (QED) is 0.248. The fraction of sp³-hybridized carbons (Fsp3) is 0.172. The van der Waals surface area contributed by atoms with E-state index in [1.807, 2.05) is 30.3 Å². The lowest BCUT2D eigenvalue weighted by Gasteiger charge is -2.16. The largest absolute Gasteiger partial charge is 0.679 e. The molecule has 3 heterocycles. The number of carbonyl (C=O) groups excluding carboxylic acids is 1. The van der Waals surface area contributed by atoms with E-state index in [1.165, 1.54) is 0 Å². The summed E-state index contributed by atoms with van der Waals surface area (Å²) in [7, 11) is -2.84. The number of hydrogen-bond donors (Lipinski definition) is 3. The minimum atomic E-state index is -2.84. The molecule has 0 bridgehead atoms. The Morgan fingerprint density at radius 2 is 1.80 bits per heavy atom. The van der Waals surface area contributed by atoms with Crippen molar-refractivity contribution < 1.29 is 18.5 Å². The number of amides is 1. The number of anilines is 2. The van der Waals surface area contributed by atoms with Crippen molar-refractivity contribution in [1.29, 1.82) is 0 Å². The maximum absolute atomic E-state index is 14.6. The predicted molar refractivity (Wildman–Crippen MR) is 156 cm³/mol. The van der Waals surface area contributed by atoms with Gasteiger partial charge in [-0.15, -0.1) is 5.10 Å². The number of aliphatic imine (C=N–C) groups is 1. The number of aliphatic hydroxyl groups excluding tert-OH is 1. The Balaban J connectivity index is 1.57. The second-order valence-corrected chi connectivity index (χ2v) is 9.34. The van der Waals surface area contributed by atoms with Gasteiger partial charge in [0.05, 0.1) is 23.4 Å². The van der Waals surface area contributed by atoms with Crippen LogP contribution >= 0.6 is 0 Å². The smallest absolute Gasteiger partial charge is 0.387 e. The molecule has 1 amide bonds. The van der Waals surface area contributed by atoms with Crippen molar-refractivity contribution >= 4 is 36.2 Å². The third kappa shape index (κ3) is 6.33. The summed E-state index contributed by atoms with van der Waals surface area (Å²) in [6.45, 7) is 1.78. The Bertz CT molecular complexity index is 1610. The van der Waals surface area contributed by atoms with Crippen LogP contribution < -0.4 is 10.6 Å². The minimum absolute atomic E-state index is 0.260. The Morgan fingerprint density at radius 1 is 1.02 bits per heavy atom. The highest BCUT2D eigenvalue weighted by atomic mass is 19.2. The highest BCUT2D eigenvalue weighted by Gasteiger charge is 2.28. The molecule has 5 rings (SSSR count). The molecule has 0 saturated carbocycles. The molecule has 0 spiro atoms. The summed E-state index contributed by atoms with van der Waals surface area (Å²) < 4.78 is 31.8. The second kappa shape index (κ2) is 12.6. The van der Waals surface area contributed by atoms with E-state index in [9.17, 15) is 13.4 Å². The van der Waals surface area contributed by atoms with Gasteiger partial charge < -0.3 is 20.2 Å². The molecule has 3 N–H and O–H groups in total. The van der Waals surface area contributed by atoms with Gasteiger partial charge >= 0.3 is 7.40 Å². The van der Waals surface area contributed by atoms with Gasteiger partial charge in [0.15, 0.2) is 5.84 Å². The molecule has 0 atom stereocenters. The minimum Gasteiger partial charge on any atom is -0.387 e. The molecule has 1 aliphatic rings. The highest BCUT2D eigenvalue weighted by molar-refractivity contribution is 6.42. The van der Waals surface area contributed by atoms with Crippen molar-refractivity contribution in [3.63, 3.8) is 0 Å². The number of benzene rings is 2. The van der Waals surface area contributed by atoms with Crippen LogP contribution in [0.1, 0.15) is 35.9 Å². The Morgan fingerprint density at radius 3 is 2.51 bits per heavy atom. The zero-order chi connectivity index (χ0) is 28.8. The first-order valence-electron chi connectivity index (χ1n) is 13.2. The van der Waals surface area contributed by atoms with Crippen LogP contribution in [0.2, 0.25) is 0 Å². The molecule has 0 unspecified atom stereocenters. The summed E-state index contributed by atoms with van der Waals surface area (Å²) in [5.41, 5.74) is 4.06. The molecule has 1 aliphatic heterocycles. The second-order valence-electron chi connectivity index (χ2n) is 9.34. The first-order valence-corrected chi connectivity index (χ1v) is 13.2. The SMILES string of the molecule is CCCc1cn(C2=N/C(=C(/c3ccc(NC(=O)CO)cc3)c3ccc(NCc4ccccc4)n3B(F)F)C=C2)nn1. The lowest BCUT2D eigenvalue weighted by atomic mass is 9.98. The molecule has 9 nitrogen and oxygen atoms in total. The third-order valence-electron chi connectivity index (χ3n) is 6.45. The topological polar surface area (TPSA) is 109 Å². The molecule has 41 heavy (non-hydrogen) atoms. The molecule has 0 aliphatic carbocycles. The Kier molecular flexibility index (Phi) is 8.49. The van der Waals surface area contributed by atoms with Crippen molar-refractivity contribution in [3.8, 4) is 0 Å². The summed E-state index contributed by atoms with van der Waals surface area (Å²) >= 11 is 0. The molecule has 0 radical (unpaired) electrons. The summed E-state index contributed by atoms with van der Waals surface area (Å²) in [6, 6.07) is 19.5. The summed E-state index contributed by atoms with van der Waals surface area (Å²) in [4.78, 5) is 16.4. The number of allylic oxidation sites excluding steroid dienone is 2. The van der Waals surface area contributed by atoms with Crippen LogP contribution in [-0.2, 0) is 17.8 Å². The number of aromatic nitrogens is 4. The van der Waals surface area contributed by atoms with Crippen molar-refractivity contribution in [2.24, 2.45) is 4.99 Å². The summed E-state index contributed by atoms with van der Waals surface area (Å²) in [6.07, 6.45) is 7.04. The molecule has 2 aromatic heterocycles. The molecule has 2 aromatic carbocycles. The van der Waals surface area contributed by atoms with Crippen LogP contribution in [0.4, 0.5) is 20.1 Å². The lowest BCUT2D eigenvalue weighted by molar-refractivity contribution is -0.118. The van der Waals surface area contributed by atoms with E-state index >= 15 is 0 Å². The average molecular weight is 555 g/mol. The Hall–Kier alpha value is -4.84. The first kappa shape index (κ1) is 27.7. The van der Waals surface area contributed by atoms with Crippen LogP contribution in [0.5, 0.6) is 0 Å². The van der Waals surface area contributed by atoms with Gasteiger partial charge in [-0.2, -0.15) is 0 Å². The standard InChI is InChI=1S/C29H28BF2N7O2/c1-2-6-23-18-38(37-36-23)27-15-13-24(35-27)29(21-9-11-22(12-10-21)34-28(41)19-40)25-14-16-26(39(25)30(31)32)33-17-20-7-4-3-5-8-20/h3-5,7-16,18,33,40H,2,6,17,19H2,1H3,(H,34,41)/b29-24-. The fourth-order valence-corrected chi connectivity index (χ4v) is 4.54. The van der Waals surface area contributed by atoms with Gasteiger partial charge in [0.2, 0.25) is 5.91 Å². The Labute approximate surface area is 236 Å². The number of carbonyl (C=O) groups is 1. The van der Waals surface area contributed by atoms with Crippen LogP contribution in [0.25, 0.3) is 5.57 Å². The van der Waals surface area contributed by atoms with Gasteiger partial charge in [0, 0.05) is 23.5 Å². The van der Waals surface area contributed by atoms with Gasteiger partial charge in [-0.1, -0.05) is 61.0 Å². The van der Waals surface area contributed by atoms with Crippen LogP contribution in [0.15, 0.2) is 95.8 Å². The maximum Gasteiger partial charge on any atom is 0.679 e. The molecular formula is C29H28BF2N7O2. The fourth-order valence-electron chi connectivity index (χ4n) is 4.54. The molecule has 0 saturated heterocycles. The van der Waals surface area contributed by atoms with Crippen LogP contribution in [0.3, 0.4) is 0 Å². The number of nitrogens with zero attached hydrogens (tertiary/aromatic N) is 5. The van der Waals surface area contributed by atoms with Gasteiger partial charge in [-0.3, -0.25) is 13.4 Å². The molecule has 208 valence electrons. The zero-order valence-corrected chi connectivity index (χ0v) is 22.3. The van der Waals surface area contributed by atoms with Crippen molar-refractivity contribution in [3.05, 3.63) is 113 Å². The predicted octanol–water partition coefficient (Wildman–Crippen LogP) is 4.62. The van der Waals surface area contributed by atoms with E-state index in [2.05, 4.69) is 27.9 Å². The summed E-state index contributed by atoms with van der Waals surface area (Å²) in [5, 5.41) is 23.1. The van der Waals surface area contributed by atoms with E-state index in [0.29, 0.717) is 34.9 Å². The van der Waals surface area contributed by atoms with E-state index in [1.54, 1.807) is 59.4 Å². The molecular weight excluding hydrogens is 527 g/mol. The van der Waals surface area contributed by atoms with E-state index < -0.39 is 19.9 Å². The normalized spacial score (nSPS) is 13.7. The van der Waals surface area contributed by atoms with Gasteiger partial charge in [0.25, 0.3) is 0 Å². The third-order valence-corrected chi connectivity index (χ3v) is 6.45. The molecule has 4 aromatic rings. The number of aryl methyl sites for hydroxylation is 1. The van der Waals surface area contributed by atoms with Crippen molar-refractivity contribution in [1.82, 2.24) is 19.5 Å². The number of hydrogen-bond acceptors (Lipinski definition) is 6. The monoisotopic (exact) mass is 555 g/mol. The van der Waals surface area contributed by atoms with Gasteiger partial charge in [-0.05, 0) is 54.0 Å².